The molecular formula is C22H28N4O6. The fourth-order valence-corrected chi connectivity index (χ4v) is 2.94. The minimum atomic E-state index is -0.607. The molecule has 32 heavy (non-hydrogen) atoms. The van der Waals surface area contributed by atoms with Crippen LogP contribution in [0.15, 0.2) is 27.6 Å². The number of nitrogens with one attached hydrogen (secondary N) is 1. The molecular weight excluding hydrogens is 416 g/mol. The number of hydrogen-bond donors (Lipinski definition) is 1. The summed E-state index contributed by atoms with van der Waals surface area (Å²) in [6.07, 6.45) is -0.330. The maximum Gasteiger partial charge on any atom is 0.407 e. The summed E-state index contributed by atoms with van der Waals surface area (Å²) in [6.45, 7) is 9.52. The Morgan fingerprint density at radius 3 is 2.72 bits per heavy atom. The van der Waals surface area contributed by atoms with Crippen LogP contribution >= 0.6 is 0 Å². The van der Waals surface area contributed by atoms with Crippen LogP contribution in [0, 0.1) is 6.92 Å². The second-order valence-electron chi connectivity index (χ2n) is 8.15. The standard InChI is InChI=1S/C22H28N4O6/c1-6-29-20(27)17-16(10-11-23-21(28)32-22(3,4)5)31-19(26-17)15-12-30-18(25-15)14-9-7-8-13(2)24-14/h7-9,15H,6,10-12H2,1-5H3,(H,23,28). The fourth-order valence-electron chi connectivity index (χ4n) is 2.94. The highest BCUT2D eigenvalue weighted by atomic mass is 16.6. The van der Waals surface area contributed by atoms with E-state index in [4.69, 9.17) is 18.6 Å². The molecule has 0 radical (unpaired) electrons. The van der Waals surface area contributed by atoms with Crippen molar-refractivity contribution in [2.75, 3.05) is 19.8 Å². The van der Waals surface area contributed by atoms with E-state index in [1.165, 1.54) is 0 Å². The molecule has 0 aromatic carbocycles. The zero-order valence-electron chi connectivity index (χ0n) is 18.9. The van der Waals surface area contributed by atoms with Crippen molar-refractivity contribution in [2.24, 2.45) is 4.99 Å². The van der Waals surface area contributed by atoms with Crippen LogP contribution < -0.4 is 5.32 Å². The van der Waals surface area contributed by atoms with Gasteiger partial charge in [0.2, 0.25) is 11.8 Å². The minimum absolute atomic E-state index is 0.0603. The zero-order valence-corrected chi connectivity index (χ0v) is 18.9. The van der Waals surface area contributed by atoms with E-state index in [-0.39, 0.29) is 37.8 Å². The second-order valence-corrected chi connectivity index (χ2v) is 8.15. The Morgan fingerprint density at radius 1 is 1.25 bits per heavy atom. The van der Waals surface area contributed by atoms with Crippen molar-refractivity contribution in [3.8, 4) is 0 Å². The van der Waals surface area contributed by atoms with Gasteiger partial charge < -0.3 is 23.9 Å². The lowest BCUT2D eigenvalue weighted by Crippen LogP contribution is -2.33. The van der Waals surface area contributed by atoms with Crippen LogP contribution in [0.2, 0.25) is 0 Å². The van der Waals surface area contributed by atoms with Crippen molar-refractivity contribution in [1.82, 2.24) is 15.3 Å². The van der Waals surface area contributed by atoms with Crippen molar-refractivity contribution in [1.29, 1.82) is 0 Å². The van der Waals surface area contributed by atoms with Crippen LogP contribution in [0.4, 0.5) is 4.79 Å². The topological polar surface area (TPSA) is 125 Å². The van der Waals surface area contributed by atoms with Gasteiger partial charge in [0, 0.05) is 18.7 Å². The molecule has 0 saturated heterocycles. The highest BCUT2D eigenvalue weighted by Gasteiger charge is 2.30. The molecule has 1 N–H and O–H groups in total. The van der Waals surface area contributed by atoms with Gasteiger partial charge >= 0.3 is 12.1 Å². The number of amides is 1. The molecule has 2 aromatic heterocycles. The van der Waals surface area contributed by atoms with Gasteiger partial charge in [-0.2, -0.15) is 0 Å². The molecule has 0 spiro atoms. The highest BCUT2D eigenvalue weighted by molar-refractivity contribution is 5.93. The summed E-state index contributed by atoms with van der Waals surface area (Å²) in [5.74, 6) is 0.329. The predicted molar refractivity (Wildman–Crippen MR) is 115 cm³/mol. The average molecular weight is 444 g/mol. The number of pyridine rings is 1. The number of aliphatic imine (C=N–C) groups is 1. The van der Waals surface area contributed by atoms with Crippen molar-refractivity contribution < 1.29 is 28.2 Å². The van der Waals surface area contributed by atoms with Crippen LogP contribution in [0.5, 0.6) is 0 Å². The van der Waals surface area contributed by atoms with Gasteiger partial charge in [-0.15, -0.1) is 0 Å². The van der Waals surface area contributed by atoms with Gasteiger partial charge in [-0.05, 0) is 46.8 Å². The molecule has 172 valence electrons. The molecule has 0 bridgehead atoms. The lowest BCUT2D eigenvalue weighted by Gasteiger charge is -2.19. The number of oxazole rings is 1. The fraction of sp³-hybridized carbons (Fsp3) is 0.500. The monoisotopic (exact) mass is 444 g/mol. The van der Waals surface area contributed by atoms with E-state index in [0.717, 1.165) is 5.69 Å². The van der Waals surface area contributed by atoms with Gasteiger partial charge in [-0.1, -0.05) is 6.07 Å². The van der Waals surface area contributed by atoms with E-state index in [0.29, 0.717) is 17.4 Å². The second kappa shape index (κ2) is 9.80. The van der Waals surface area contributed by atoms with E-state index in [2.05, 4.69) is 20.3 Å². The molecule has 0 aliphatic carbocycles. The first-order valence-corrected chi connectivity index (χ1v) is 10.4. The number of hydrogen-bond acceptors (Lipinski definition) is 9. The quantitative estimate of drug-likeness (QED) is 0.646. The van der Waals surface area contributed by atoms with E-state index >= 15 is 0 Å². The summed E-state index contributed by atoms with van der Waals surface area (Å²) in [5, 5.41) is 2.64. The third-order valence-electron chi connectivity index (χ3n) is 4.25. The molecule has 3 rings (SSSR count). The minimum Gasteiger partial charge on any atom is -0.474 e. The molecule has 1 unspecified atom stereocenters. The summed E-state index contributed by atoms with van der Waals surface area (Å²) in [4.78, 5) is 37.5. The number of aryl methyl sites for hydroxylation is 1. The number of carbonyl (C=O) groups is 2. The van der Waals surface area contributed by atoms with Crippen molar-refractivity contribution in [3.63, 3.8) is 0 Å². The lowest BCUT2D eigenvalue weighted by atomic mass is 10.2. The molecule has 1 amide bonds. The molecule has 0 saturated carbocycles. The predicted octanol–water partition coefficient (Wildman–Crippen LogP) is 3.14. The number of aromatic nitrogens is 2. The summed E-state index contributed by atoms with van der Waals surface area (Å²) in [6, 6.07) is 5.04. The lowest BCUT2D eigenvalue weighted by molar-refractivity contribution is 0.0516. The van der Waals surface area contributed by atoms with E-state index < -0.39 is 23.7 Å². The van der Waals surface area contributed by atoms with Crippen molar-refractivity contribution in [2.45, 2.75) is 52.7 Å². The molecule has 1 aliphatic rings. The van der Waals surface area contributed by atoms with Gasteiger partial charge in [0.25, 0.3) is 0 Å². The number of ether oxygens (including phenoxy) is 3. The maximum absolute atomic E-state index is 12.4. The first-order valence-electron chi connectivity index (χ1n) is 10.4. The molecule has 10 nitrogen and oxygen atoms in total. The molecule has 0 fully saturated rings. The SMILES string of the molecule is CCOC(=O)c1nc(C2COC(c3cccc(C)n3)=N2)oc1CCNC(=O)OC(C)(C)C. The number of rotatable bonds is 7. The molecule has 2 aromatic rings. The molecule has 1 atom stereocenters. The van der Waals surface area contributed by atoms with Gasteiger partial charge in [-0.25, -0.2) is 24.5 Å². The van der Waals surface area contributed by atoms with E-state index in [9.17, 15) is 9.59 Å². The Hall–Kier alpha value is -3.43. The first kappa shape index (κ1) is 23.2. The summed E-state index contributed by atoms with van der Waals surface area (Å²) >= 11 is 0. The van der Waals surface area contributed by atoms with Crippen LogP contribution in [0.1, 0.15) is 67.3 Å². The zero-order chi connectivity index (χ0) is 23.3. The van der Waals surface area contributed by atoms with E-state index in [1.807, 2.05) is 25.1 Å². The smallest absolute Gasteiger partial charge is 0.407 e. The normalized spacial score (nSPS) is 15.7. The van der Waals surface area contributed by atoms with E-state index in [1.54, 1.807) is 27.7 Å². The Morgan fingerprint density at radius 2 is 2.03 bits per heavy atom. The van der Waals surface area contributed by atoms with Crippen molar-refractivity contribution in [3.05, 3.63) is 46.9 Å². The highest BCUT2D eigenvalue weighted by Crippen LogP contribution is 2.27. The Labute approximate surface area is 186 Å². The van der Waals surface area contributed by atoms with Gasteiger partial charge in [0.05, 0.1) is 6.61 Å². The van der Waals surface area contributed by atoms with Crippen LogP contribution in [0.25, 0.3) is 0 Å². The molecule has 10 heteroatoms. The van der Waals surface area contributed by atoms with Gasteiger partial charge in [0.15, 0.2) is 11.7 Å². The van der Waals surface area contributed by atoms with Gasteiger partial charge in [0.1, 0.15) is 23.7 Å². The maximum atomic E-state index is 12.4. The summed E-state index contributed by atoms with van der Waals surface area (Å²) in [7, 11) is 0. The summed E-state index contributed by atoms with van der Waals surface area (Å²) in [5.41, 5.74) is 0.915. The third kappa shape index (κ3) is 6.05. The Balaban J connectivity index is 1.75. The molecule has 1 aliphatic heterocycles. The van der Waals surface area contributed by atoms with Crippen molar-refractivity contribution >= 4 is 18.0 Å². The summed E-state index contributed by atoms with van der Waals surface area (Å²) < 4.78 is 21.8. The number of carbonyl (C=O) groups excluding carboxylic acids is 2. The number of alkyl carbamates (subject to hydrolysis) is 1. The van der Waals surface area contributed by atoms with Crippen LogP contribution in [0.3, 0.4) is 0 Å². The number of esters is 1. The van der Waals surface area contributed by atoms with Gasteiger partial charge in [-0.3, -0.25) is 0 Å². The largest absolute Gasteiger partial charge is 0.474 e. The molecule has 3 heterocycles. The van der Waals surface area contributed by atoms with Crippen LogP contribution in [-0.4, -0.2) is 53.3 Å². The van der Waals surface area contributed by atoms with Crippen LogP contribution in [-0.2, 0) is 20.6 Å². The number of nitrogens with zero attached hydrogens (tertiary/aromatic N) is 3. The third-order valence-corrected chi connectivity index (χ3v) is 4.25. The first-order chi connectivity index (χ1) is 15.2. The average Bonchev–Trinajstić information content (AvgIpc) is 3.34. The Bertz CT molecular complexity index is 1010. The Kier molecular flexibility index (Phi) is 7.12.